The minimum atomic E-state index is -3.18. The van der Waals surface area contributed by atoms with Gasteiger partial charge in [-0.15, -0.1) is 0 Å². The molecule has 5 heteroatoms. The molecule has 1 aromatic rings. The van der Waals surface area contributed by atoms with Crippen molar-refractivity contribution < 1.29 is 13.2 Å². The lowest BCUT2D eigenvalue weighted by atomic mass is 10.0. The Morgan fingerprint density at radius 2 is 1.72 bits per heavy atom. The van der Waals surface area contributed by atoms with Crippen LogP contribution < -0.4 is 10.5 Å². The van der Waals surface area contributed by atoms with Crippen LogP contribution in [0.15, 0.2) is 24.3 Å². The zero-order valence-electron chi connectivity index (χ0n) is 11.3. The summed E-state index contributed by atoms with van der Waals surface area (Å²) in [5.74, 6) is 0.649. The summed E-state index contributed by atoms with van der Waals surface area (Å²) in [5.41, 5.74) is 6.77. The topological polar surface area (TPSA) is 69.4 Å². The first-order valence-corrected chi connectivity index (χ1v) is 7.89. The molecule has 0 aliphatic rings. The molecule has 0 radical (unpaired) electrons. The molecule has 0 heterocycles. The largest absolute Gasteiger partial charge is 0.491 e. The van der Waals surface area contributed by atoms with Gasteiger partial charge in [0.05, 0.1) is 11.4 Å². The van der Waals surface area contributed by atoms with Crippen LogP contribution in [-0.2, 0) is 9.84 Å². The number of para-hydroxylation sites is 1. The van der Waals surface area contributed by atoms with Crippen molar-refractivity contribution in [2.45, 2.75) is 38.2 Å². The number of ether oxygens (including phenoxy) is 1. The maximum atomic E-state index is 11.6. The Morgan fingerprint density at radius 3 is 2.22 bits per heavy atom. The number of sulfone groups is 1. The second kappa shape index (κ2) is 5.71. The van der Waals surface area contributed by atoms with E-state index in [9.17, 15) is 8.42 Å². The van der Waals surface area contributed by atoms with Crippen molar-refractivity contribution >= 4 is 9.84 Å². The highest BCUT2D eigenvalue weighted by Gasteiger charge is 2.26. The lowest BCUT2D eigenvalue weighted by molar-refractivity contribution is 0.238. The molecule has 2 unspecified atom stereocenters. The van der Waals surface area contributed by atoms with Gasteiger partial charge in [-0.05, 0) is 26.8 Å². The van der Waals surface area contributed by atoms with Gasteiger partial charge >= 0.3 is 0 Å². The molecule has 0 aromatic heterocycles. The predicted molar refractivity (Wildman–Crippen MR) is 73.4 cm³/mol. The zero-order chi connectivity index (χ0) is 13.9. The van der Waals surface area contributed by atoms with E-state index >= 15 is 0 Å². The van der Waals surface area contributed by atoms with Crippen LogP contribution in [0.5, 0.6) is 5.75 Å². The summed E-state index contributed by atoms with van der Waals surface area (Å²) < 4.78 is 28.8. The molecule has 0 saturated carbocycles. The summed E-state index contributed by atoms with van der Waals surface area (Å²) in [6.45, 7) is 5.46. The maximum absolute atomic E-state index is 11.6. The van der Waals surface area contributed by atoms with Crippen molar-refractivity contribution in [2.75, 3.05) is 6.26 Å². The third-order valence-electron chi connectivity index (χ3n) is 2.82. The zero-order valence-corrected chi connectivity index (χ0v) is 12.1. The Morgan fingerprint density at radius 1 is 1.17 bits per heavy atom. The average Bonchev–Trinajstić information content (AvgIpc) is 2.26. The van der Waals surface area contributed by atoms with Crippen LogP contribution in [0.4, 0.5) is 0 Å². The second-order valence-corrected chi connectivity index (χ2v) is 7.17. The van der Waals surface area contributed by atoms with E-state index < -0.39 is 21.1 Å². The quantitative estimate of drug-likeness (QED) is 0.888. The fourth-order valence-electron chi connectivity index (χ4n) is 1.64. The Bertz CT molecular complexity index is 497. The molecule has 0 bridgehead atoms. The van der Waals surface area contributed by atoms with E-state index in [1.807, 2.05) is 38.1 Å². The first-order valence-electron chi connectivity index (χ1n) is 5.93. The summed E-state index contributed by atoms with van der Waals surface area (Å²) in [6, 6.07) is 6.71. The molecule has 0 aliphatic carbocycles. The van der Waals surface area contributed by atoms with Gasteiger partial charge in [-0.3, -0.25) is 0 Å². The maximum Gasteiger partial charge on any atom is 0.151 e. The highest BCUT2D eigenvalue weighted by molar-refractivity contribution is 7.91. The molecule has 4 nitrogen and oxygen atoms in total. The minimum absolute atomic E-state index is 0.0203. The van der Waals surface area contributed by atoms with Gasteiger partial charge in [0.15, 0.2) is 9.84 Å². The standard InChI is InChI=1S/C13H21NO3S/c1-9(2)17-12-8-6-5-7-11(12)13(14)10(3)18(4,15)16/h5-10,13H,14H2,1-4H3. The van der Waals surface area contributed by atoms with Crippen molar-refractivity contribution in [1.29, 1.82) is 0 Å². The number of rotatable bonds is 5. The van der Waals surface area contributed by atoms with Gasteiger partial charge in [-0.25, -0.2) is 8.42 Å². The molecule has 102 valence electrons. The number of hydrogen-bond acceptors (Lipinski definition) is 4. The normalized spacial score (nSPS) is 15.4. The SMILES string of the molecule is CC(C)Oc1ccccc1C(N)C(C)S(C)(=O)=O. The fraction of sp³-hybridized carbons (Fsp3) is 0.538. The third kappa shape index (κ3) is 3.71. The van der Waals surface area contributed by atoms with Gasteiger partial charge in [0.25, 0.3) is 0 Å². The van der Waals surface area contributed by atoms with E-state index in [0.29, 0.717) is 5.75 Å². The van der Waals surface area contributed by atoms with Crippen LogP contribution in [0.1, 0.15) is 32.4 Å². The third-order valence-corrected chi connectivity index (χ3v) is 4.47. The van der Waals surface area contributed by atoms with Crippen molar-refractivity contribution in [3.8, 4) is 5.75 Å². The monoisotopic (exact) mass is 271 g/mol. The van der Waals surface area contributed by atoms with Crippen LogP contribution >= 0.6 is 0 Å². The molecule has 1 rings (SSSR count). The molecule has 0 aliphatic heterocycles. The van der Waals surface area contributed by atoms with Crippen molar-refractivity contribution in [1.82, 2.24) is 0 Å². The summed E-state index contributed by atoms with van der Waals surface area (Å²) in [6.07, 6.45) is 1.22. The molecular formula is C13H21NO3S. The first kappa shape index (κ1) is 15.0. The number of benzene rings is 1. The minimum Gasteiger partial charge on any atom is -0.491 e. The molecule has 2 N–H and O–H groups in total. The van der Waals surface area contributed by atoms with Crippen molar-refractivity contribution in [2.24, 2.45) is 5.73 Å². The number of nitrogens with two attached hydrogens (primary N) is 1. The average molecular weight is 271 g/mol. The molecule has 18 heavy (non-hydrogen) atoms. The van der Waals surface area contributed by atoms with Gasteiger partial charge in [0, 0.05) is 17.9 Å². The van der Waals surface area contributed by atoms with Crippen LogP contribution in [0.3, 0.4) is 0 Å². The molecule has 1 aromatic carbocycles. The Kier molecular flexibility index (Phi) is 4.76. The Balaban J connectivity index is 3.09. The molecule has 0 spiro atoms. The van der Waals surface area contributed by atoms with Crippen LogP contribution in [0.25, 0.3) is 0 Å². The van der Waals surface area contributed by atoms with Crippen molar-refractivity contribution in [3.63, 3.8) is 0 Å². The molecule has 2 atom stereocenters. The Hall–Kier alpha value is -1.07. The number of hydrogen-bond donors (Lipinski definition) is 1. The second-order valence-electron chi connectivity index (χ2n) is 4.76. The molecule has 0 fully saturated rings. The van der Waals surface area contributed by atoms with Gasteiger partial charge in [0.1, 0.15) is 5.75 Å². The van der Waals surface area contributed by atoms with E-state index in [-0.39, 0.29) is 6.10 Å². The van der Waals surface area contributed by atoms with Gasteiger partial charge in [-0.1, -0.05) is 18.2 Å². The summed E-state index contributed by atoms with van der Waals surface area (Å²) in [7, 11) is -3.18. The van der Waals surface area contributed by atoms with Crippen LogP contribution in [0.2, 0.25) is 0 Å². The van der Waals surface area contributed by atoms with E-state index in [1.165, 1.54) is 6.26 Å². The lowest BCUT2D eigenvalue weighted by Crippen LogP contribution is -2.31. The predicted octanol–water partition coefficient (Wildman–Crippen LogP) is 1.91. The van der Waals surface area contributed by atoms with Gasteiger partial charge in [-0.2, -0.15) is 0 Å². The molecule has 0 saturated heterocycles. The van der Waals surface area contributed by atoms with Crippen molar-refractivity contribution in [3.05, 3.63) is 29.8 Å². The van der Waals surface area contributed by atoms with Crippen LogP contribution in [-0.4, -0.2) is 26.0 Å². The highest BCUT2D eigenvalue weighted by Crippen LogP contribution is 2.28. The highest BCUT2D eigenvalue weighted by atomic mass is 32.2. The summed E-state index contributed by atoms with van der Waals surface area (Å²) in [4.78, 5) is 0. The van der Waals surface area contributed by atoms with Gasteiger partial charge in [0.2, 0.25) is 0 Å². The molecule has 0 amide bonds. The molecular weight excluding hydrogens is 250 g/mol. The lowest BCUT2D eigenvalue weighted by Gasteiger charge is -2.22. The summed E-state index contributed by atoms with van der Waals surface area (Å²) >= 11 is 0. The van der Waals surface area contributed by atoms with E-state index in [0.717, 1.165) is 5.56 Å². The Labute approximate surface area is 109 Å². The van der Waals surface area contributed by atoms with E-state index in [1.54, 1.807) is 6.92 Å². The van der Waals surface area contributed by atoms with E-state index in [4.69, 9.17) is 10.5 Å². The summed E-state index contributed by atoms with van der Waals surface area (Å²) in [5, 5.41) is -0.644. The van der Waals surface area contributed by atoms with Gasteiger partial charge < -0.3 is 10.5 Å². The first-order chi connectivity index (χ1) is 8.23. The smallest absolute Gasteiger partial charge is 0.151 e. The van der Waals surface area contributed by atoms with Crippen LogP contribution in [0, 0.1) is 0 Å². The van der Waals surface area contributed by atoms with E-state index in [2.05, 4.69) is 0 Å². The fourth-order valence-corrected chi connectivity index (χ4v) is 2.32.